The van der Waals surface area contributed by atoms with Crippen molar-refractivity contribution < 1.29 is 4.52 Å². The topological polar surface area (TPSA) is 63.8 Å². The molecular weight excluding hydrogens is 216 g/mol. The van der Waals surface area contributed by atoms with Gasteiger partial charge >= 0.3 is 0 Å². The van der Waals surface area contributed by atoms with E-state index >= 15 is 0 Å². The van der Waals surface area contributed by atoms with Gasteiger partial charge in [0.05, 0.1) is 0 Å². The molecule has 5 heteroatoms. The van der Waals surface area contributed by atoms with Crippen molar-refractivity contribution >= 4 is 0 Å². The molecule has 0 aliphatic rings. The average Bonchev–Trinajstić information content (AvgIpc) is 2.76. The van der Waals surface area contributed by atoms with Crippen molar-refractivity contribution in [3.63, 3.8) is 0 Å². The van der Waals surface area contributed by atoms with Crippen LogP contribution in [-0.4, -0.2) is 21.7 Å². The van der Waals surface area contributed by atoms with Crippen LogP contribution in [0.1, 0.15) is 30.2 Å². The molecule has 0 radical (unpaired) electrons. The van der Waals surface area contributed by atoms with E-state index in [-0.39, 0.29) is 6.04 Å². The quantitative estimate of drug-likeness (QED) is 0.849. The fraction of sp³-hybridized carbons (Fsp3) is 0.417. The summed E-state index contributed by atoms with van der Waals surface area (Å²) in [5.41, 5.74) is 1.18. The third-order valence-electron chi connectivity index (χ3n) is 2.54. The Kier molecular flexibility index (Phi) is 3.82. The first-order chi connectivity index (χ1) is 8.25. The Morgan fingerprint density at radius 2 is 2.35 bits per heavy atom. The van der Waals surface area contributed by atoms with Crippen LogP contribution in [0.3, 0.4) is 0 Å². The molecule has 0 spiro atoms. The zero-order chi connectivity index (χ0) is 12.1. The van der Waals surface area contributed by atoms with Gasteiger partial charge in [-0.3, -0.25) is 4.98 Å². The molecule has 0 saturated carbocycles. The highest BCUT2D eigenvalue weighted by Gasteiger charge is 2.06. The van der Waals surface area contributed by atoms with Crippen molar-refractivity contribution in [3.8, 4) is 0 Å². The Balaban J connectivity index is 1.79. The average molecular weight is 232 g/mol. The second-order valence-electron chi connectivity index (χ2n) is 3.95. The number of aromatic nitrogens is 3. The lowest BCUT2D eigenvalue weighted by molar-refractivity contribution is 0.370. The van der Waals surface area contributed by atoms with E-state index in [4.69, 9.17) is 4.52 Å². The third kappa shape index (κ3) is 3.35. The van der Waals surface area contributed by atoms with Gasteiger partial charge in [-0.1, -0.05) is 11.2 Å². The number of nitrogens with zero attached hydrogens (tertiary/aromatic N) is 3. The zero-order valence-corrected chi connectivity index (χ0v) is 10.1. The number of pyridine rings is 1. The maximum atomic E-state index is 5.04. The first-order valence-electron chi connectivity index (χ1n) is 5.68. The maximum Gasteiger partial charge on any atom is 0.227 e. The van der Waals surface area contributed by atoms with Gasteiger partial charge in [0.15, 0.2) is 5.82 Å². The van der Waals surface area contributed by atoms with Crippen LogP contribution >= 0.6 is 0 Å². The molecule has 90 valence electrons. The smallest absolute Gasteiger partial charge is 0.227 e. The van der Waals surface area contributed by atoms with Crippen LogP contribution < -0.4 is 5.32 Å². The highest BCUT2D eigenvalue weighted by molar-refractivity contribution is 5.12. The Labute approximate surface area is 100 Å². The summed E-state index contributed by atoms with van der Waals surface area (Å²) in [6, 6.07) is 4.27. The van der Waals surface area contributed by atoms with Crippen LogP contribution in [0.25, 0.3) is 0 Å². The van der Waals surface area contributed by atoms with Crippen molar-refractivity contribution in [3.05, 3.63) is 41.8 Å². The number of nitrogens with one attached hydrogen (secondary N) is 1. The van der Waals surface area contributed by atoms with Crippen molar-refractivity contribution in [1.29, 1.82) is 0 Å². The lowest BCUT2D eigenvalue weighted by Crippen LogP contribution is -2.21. The first kappa shape index (κ1) is 11.7. The second kappa shape index (κ2) is 5.54. The molecule has 1 atom stereocenters. The van der Waals surface area contributed by atoms with Gasteiger partial charge in [-0.05, 0) is 25.5 Å². The summed E-state index contributed by atoms with van der Waals surface area (Å²) < 4.78 is 5.04. The van der Waals surface area contributed by atoms with Gasteiger partial charge in [0.25, 0.3) is 0 Å². The summed E-state index contributed by atoms with van der Waals surface area (Å²) in [6.07, 6.45) is 4.39. The molecular formula is C12H16N4O. The van der Waals surface area contributed by atoms with E-state index in [2.05, 4.69) is 33.4 Å². The minimum Gasteiger partial charge on any atom is -0.339 e. The normalized spacial score (nSPS) is 12.6. The highest BCUT2D eigenvalue weighted by Crippen LogP contribution is 2.09. The number of aryl methyl sites for hydroxylation is 1. The number of hydrogen-bond donors (Lipinski definition) is 1. The Hall–Kier alpha value is -1.75. The molecule has 2 aromatic rings. The van der Waals surface area contributed by atoms with Crippen molar-refractivity contribution in [1.82, 2.24) is 20.4 Å². The van der Waals surface area contributed by atoms with Gasteiger partial charge in [0.1, 0.15) is 0 Å². The lowest BCUT2D eigenvalue weighted by atomic mass is 10.1. The summed E-state index contributed by atoms with van der Waals surface area (Å²) in [6.45, 7) is 4.73. The largest absolute Gasteiger partial charge is 0.339 e. The predicted octanol–water partition coefficient (Wildman–Crippen LogP) is 1.67. The summed E-state index contributed by atoms with van der Waals surface area (Å²) >= 11 is 0. The van der Waals surface area contributed by atoms with Gasteiger partial charge in [0, 0.05) is 31.4 Å². The van der Waals surface area contributed by atoms with Gasteiger partial charge in [-0.2, -0.15) is 4.98 Å². The minimum atomic E-state index is 0.271. The van der Waals surface area contributed by atoms with E-state index in [0.29, 0.717) is 11.7 Å². The van der Waals surface area contributed by atoms with Crippen molar-refractivity contribution in [2.75, 3.05) is 6.54 Å². The number of hydrogen-bond acceptors (Lipinski definition) is 5. The monoisotopic (exact) mass is 232 g/mol. The van der Waals surface area contributed by atoms with Crippen molar-refractivity contribution in [2.45, 2.75) is 26.3 Å². The van der Waals surface area contributed by atoms with Crippen LogP contribution in [0.2, 0.25) is 0 Å². The van der Waals surface area contributed by atoms with E-state index in [0.717, 1.165) is 13.0 Å². The molecule has 17 heavy (non-hydrogen) atoms. The van der Waals surface area contributed by atoms with Crippen LogP contribution in [-0.2, 0) is 6.42 Å². The van der Waals surface area contributed by atoms with E-state index in [9.17, 15) is 0 Å². The minimum absolute atomic E-state index is 0.271. The van der Waals surface area contributed by atoms with Crippen molar-refractivity contribution in [2.24, 2.45) is 0 Å². The zero-order valence-electron chi connectivity index (χ0n) is 10.1. The van der Waals surface area contributed by atoms with E-state index in [1.54, 1.807) is 6.20 Å². The summed E-state index contributed by atoms with van der Waals surface area (Å²) in [5, 5.41) is 7.14. The Morgan fingerprint density at radius 1 is 1.47 bits per heavy atom. The first-order valence-corrected chi connectivity index (χ1v) is 5.68. The molecule has 2 aromatic heterocycles. The lowest BCUT2D eigenvalue weighted by Gasteiger charge is -2.12. The SMILES string of the molecule is Cc1noc(CCNC(C)c2cccnc2)n1. The molecule has 5 nitrogen and oxygen atoms in total. The molecule has 1 unspecified atom stereocenters. The number of rotatable bonds is 5. The van der Waals surface area contributed by atoms with Crippen LogP contribution in [0.15, 0.2) is 29.0 Å². The molecule has 0 amide bonds. The molecule has 2 heterocycles. The fourth-order valence-electron chi connectivity index (χ4n) is 1.59. The van der Waals surface area contributed by atoms with Gasteiger partial charge in [-0.25, -0.2) is 0 Å². The third-order valence-corrected chi connectivity index (χ3v) is 2.54. The molecule has 2 rings (SSSR count). The Morgan fingerprint density at radius 3 is 3.00 bits per heavy atom. The van der Waals surface area contributed by atoms with Gasteiger partial charge < -0.3 is 9.84 Å². The second-order valence-corrected chi connectivity index (χ2v) is 3.95. The predicted molar refractivity (Wildman–Crippen MR) is 63.4 cm³/mol. The van der Waals surface area contributed by atoms with E-state index < -0.39 is 0 Å². The van der Waals surface area contributed by atoms with Crippen LogP contribution in [0.5, 0.6) is 0 Å². The molecule has 0 bridgehead atoms. The van der Waals surface area contributed by atoms with Crippen LogP contribution in [0.4, 0.5) is 0 Å². The van der Waals surface area contributed by atoms with Gasteiger partial charge in [-0.15, -0.1) is 0 Å². The molecule has 1 N–H and O–H groups in total. The van der Waals surface area contributed by atoms with Crippen LogP contribution in [0, 0.1) is 6.92 Å². The summed E-state index contributed by atoms with van der Waals surface area (Å²) in [5.74, 6) is 1.36. The summed E-state index contributed by atoms with van der Waals surface area (Å²) in [7, 11) is 0. The Bertz CT molecular complexity index is 455. The van der Waals surface area contributed by atoms with E-state index in [1.165, 1.54) is 5.56 Å². The fourth-order valence-corrected chi connectivity index (χ4v) is 1.59. The maximum absolute atomic E-state index is 5.04. The standard InChI is InChI=1S/C12H16N4O/c1-9(11-4-3-6-13-8-11)14-7-5-12-15-10(2)16-17-12/h3-4,6,8-9,14H,5,7H2,1-2H3. The molecule has 0 aliphatic heterocycles. The highest BCUT2D eigenvalue weighted by atomic mass is 16.5. The molecule has 0 aromatic carbocycles. The molecule has 0 fully saturated rings. The van der Waals surface area contributed by atoms with E-state index in [1.807, 2.05) is 19.2 Å². The van der Waals surface area contributed by atoms with Gasteiger partial charge in [0.2, 0.25) is 5.89 Å². The molecule has 0 saturated heterocycles. The summed E-state index contributed by atoms with van der Waals surface area (Å²) in [4.78, 5) is 8.24. The molecule has 0 aliphatic carbocycles.